The highest BCUT2D eigenvalue weighted by Gasteiger charge is 2.49. The molecule has 1 saturated heterocycles. The summed E-state index contributed by atoms with van der Waals surface area (Å²) in [6.07, 6.45) is 5.40. The van der Waals surface area contributed by atoms with E-state index in [1.807, 2.05) is 6.92 Å². The van der Waals surface area contributed by atoms with Gasteiger partial charge >= 0.3 is 0 Å². The Kier molecular flexibility index (Phi) is 2.61. The van der Waals surface area contributed by atoms with Gasteiger partial charge in [0.2, 0.25) is 0 Å². The molecule has 4 atom stereocenters. The van der Waals surface area contributed by atoms with Crippen LogP contribution < -0.4 is 0 Å². The Balaban J connectivity index is 1.83. The molecule has 0 bridgehead atoms. The normalized spacial score (nSPS) is 31.8. The number of nitrogens with zero attached hydrogens (tertiary/aromatic N) is 4. The number of imidazole rings is 1. The summed E-state index contributed by atoms with van der Waals surface area (Å²) in [5, 5.41) is 0. The first-order valence-electron chi connectivity index (χ1n) is 7.58. The molecule has 2 aromatic rings. The van der Waals surface area contributed by atoms with Crippen LogP contribution in [-0.4, -0.2) is 25.6 Å². The van der Waals surface area contributed by atoms with Gasteiger partial charge in [0.25, 0.3) is 0 Å². The van der Waals surface area contributed by atoms with Gasteiger partial charge < -0.3 is 4.74 Å². The number of hydrogen-bond acceptors (Lipinski definition) is 4. The van der Waals surface area contributed by atoms with Gasteiger partial charge in [-0.3, -0.25) is 4.57 Å². The van der Waals surface area contributed by atoms with Gasteiger partial charge in [0.1, 0.15) is 23.9 Å². The van der Waals surface area contributed by atoms with Gasteiger partial charge in [0, 0.05) is 12.3 Å². The zero-order chi connectivity index (χ0) is 13.9. The molecule has 1 fully saturated rings. The van der Waals surface area contributed by atoms with Crippen LogP contribution in [0, 0.1) is 18.8 Å². The highest BCUT2D eigenvalue weighted by Crippen LogP contribution is 2.49. The summed E-state index contributed by atoms with van der Waals surface area (Å²) >= 11 is 0. The van der Waals surface area contributed by atoms with Crippen molar-refractivity contribution < 1.29 is 4.74 Å². The first-order chi connectivity index (χ1) is 9.74. The molecular formula is C15H20N4O. The van der Waals surface area contributed by atoms with E-state index in [4.69, 9.17) is 9.72 Å². The Labute approximate surface area is 118 Å². The summed E-state index contributed by atoms with van der Waals surface area (Å²) in [5.41, 5.74) is 2.81. The van der Waals surface area contributed by atoms with Gasteiger partial charge in [-0.25, -0.2) is 15.0 Å². The van der Waals surface area contributed by atoms with E-state index in [-0.39, 0.29) is 6.23 Å². The minimum Gasteiger partial charge on any atom is -0.354 e. The van der Waals surface area contributed by atoms with Crippen LogP contribution in [0.3, 0.4) is 0 Å². The summed E-state index contributed by atoms with van der Waals surface area (Å²) in [6.45, 7) is 6.47. The van der Waals surface area contributed by atoms with Crippen molar-refractivity contribution in [3.8, 4) is 0 Å². The largest absolute Gasteiger partial charge is 0.354 e. The van der Waals surface area contributed by atoms with Crippen molar-refractivity contribution >= 4 is 11.2 Å². The molecule has 2 aliphatic rings. The molecule has 0 N–H and O–H groups in total. The predicted molar refractivity (Wildman–Crippen MR) is 75.2 cm³/mol. The fourth-order valence-electron chi connectivity index (χ4n) is 4.03. The lowest BCUT2D eigenvalue weighted by Gasteiger charge is -2.18. The molecule has 5 heteroatoms. The van der Waals surface area contributed by atoms with Crippen molar-refractivity contribution in [3.63, 3.8) is 0 Å². The first-order valence-corrected chi connectivity index (χ1v) is 7.58. The Morgan fingerprint density at radius 1 is 1.30 bits per heavy atom. The molecule has 0 aromatic carbocycles. The van der Waals surface area contributed by atoms with Gasteiger partial charge in [-0.1, -0.05) is 20.3 Å². The topological polar surface area (TPSA) is 52.8 Å². The van der Waals surface area contributed by atoms with Crippen LogP contribution in [0.4, 0.5) is 0 Å². The molecule has 0 saturated carbocycles. The van der Waals surface area contributed by atoms with Crippen LogP contribution in [0.15, 0.2) is 6.33 Å². The van der Waals surface area contributed by atoms with Gasteiger partial charge in [0.15, 0.2) is 5.65 Å². The second kappa shape index (κ2) is 4.25. The molecule has 5 nitrogen and oxygen atoms in total. The Bertz CT molecular complexity index is 665. The van der Waals surface area contributed by atoms with Crippen molar-refractivity contribution in [2.45, 2.75) is 52.4 Å². The summed E-state index contributed by atoms with van der Waals surface area (Å²) < 4.78 is 8.55. The monoisotopic (exact) mass is 272 g/mol. The molecule has 2 aliphatic heterocycles. The fraction of sp³-hybridized carbons (Fsp3) is 0.667. The molecule has 0 radical (unpaired) electrons. The van der Waals surface area contributed by atoms with Gasteiger partial charge in [0.05, 0.1) is 11.8 Å². The molecule has 2 aromatic heterocycles. The number of fused-ring (bicyclic) bond motifs is 5. The number of rotatable bonds is 2. The summed E-state index contributed by atoms with van der Waals surface area (Å²) in [5.74, 6) is 2.32. The quantitative estimate of drug-likeness (QED) is 0.843. The lowest BCUT2D eigenvalue weighted by Crippen LogP contribution is -2.19. The van der Waals surface area contributed by atoms with E-state index in [0.29, 0.717) is 17.9 Å². The van der Waals surface area contributed by atoms with E-state index in [1.165, 1.54) is 6.42 Å². The molecule has 106 valence electrons. The Morgan fingerprint density at radius 3 is 2.90 bits per heavy atom. The smallest absolute Gasteiger partial charge is 0.165 e. The van der Waals surface area contributed by atoms with Crippen LogP contribution in [-0.2, 0) is 11.2 Å². The fourth-order valence-corrected chi connectivity index (χ4v) is 4.03. The maximum absolute atomic E-state index is 6.33. The molecular weight excluding hydrogens is 252 g/mol. The summed E-state index contributed by atoms with van der Waals surface area (Å²) in [4.78, 5) is 13.4. The third-order valence-corrected chi connectivity index (χ3v) is 4.99. The Hall–Kier alpha value is -1.49. The highest BCUT2D eigenvalue weighted by molar-refractivity contribution is 5.74. The maximum atomic E-state index is 6.33. The minimum atomic E-state index is 0.124. The van der Waals surface area contributed by atoms with Crippen molar-refractivity contribution in [1.29, 1.82) is 0 Å². The lowest BCUT2D eigenvalue weighted by atomic mass is 9.85. The van der Waals surface area contributed by atoms with E-state index < -0.39 is 0 Å². The molecule has 2 unspecified atom stereocenters. The Morgan fingerprint density at radius 2 is 2.15 bits per heavy atom. The van der Waals surface area contributed by atoms with E-state index in [2.05, 4.69) is 28.4 Å². The molecule has 0 spiro atoms. The summed E-state index contributed by atoms with van der Waals surface area (Å²) in [6, 6.07) is 0. The van der Waals surface area contributed by atoms with E-state index in [9.17, 15) is 0 Å². The van der Waals surface area contributed by atoms with E-state index >= 15 is 0 Å². The van der Waals surface area contributed by atoms with Crippen LogP contribution >= 0.6 is 0 Å². The average molecular weight is 272 g/mol. The third-order valence-electron chi connectivity index (χ3n) is 4.99. The van der Waals surface area contributed by atoms with Crippen molar-refractivity contribution in [3.05, 3.63) is 17.8 Å². The number of aryl methyl sites for hydroxylation is 1. The van der Waals surface area contributed by atoms with E-state index in [0.717, 1.165) is 35.5 Å². The molecule has 0 amide bonds. The third kappa shape index (κ3) is 1.44. The van der Waals surface area contributed by atoms with Crippen molar-refractivity contribution in [1.82, 2.24) is 19.5 Å². The van der Waals surface area contributed by atoms with Crippen LogP contribution in [0.25, 0.3) is 11.2 Å². The zero-order valence-electron chi connectivity index (χ0n) is 12.2. The maximum Gasteiger partial charge on any atom is 0.165 e. The van der Waals surface area contributed by atoms with Crippen molar-refractivity contribution in [2.24, 2.45) is 11.8 Å². The molecule has 4 rings (SSSR count). The SMILES string of the molecule is CCC1C2Cc3nc4c(C)ncnc4n3[C@H]2O[C@@H]1CC. The molecule has 4 heterocycles. The summed E-state index contributed by atoms with van der Waals surface area (Å²) in [7, 11) is 0. The zero-order valence-corrected chi connectivity index (χ0v) is 12.2. The van der Waals surface area contributed by atoms with E-state index in [1.54, 1.807) is 6.33 Å². The van der Waals surface area contributed by atoms with Gasteiger partial charge in [-0.2, -0.15) is 0 Å². The van der Waals surface area contributed by atoms with Gasteiger partial charge in [-0.05, 0) is 19.3 Å². The molecule has 0 aliphatic carbocycles. The van der Waals surface area contributed by atoms with Crippen LogP contribution in [0.5, 0.6) is 0 Å². The lowest BCUT2D eigenvalue weighted by molar-refractivity contribution is -0.00697. The predicted octanol–water partition coefficient (Wildman–Crippen LogP) is 2.64. The highest BCUT2D eigenvalue weighted by atomic mass is 16.5. The minimum absolute atomic E-state index is 0.124. The van der Waals surface area contributed by atoms with Gasteiger partial charge in [-0.15, -0.1) is 0 Å². The number of hydrogen-bond donors (Lipinski definition) is 0. The average Bonchev–Trinajstić information content (AvgIpc) is 3.06. The first kappa shape index (κ1) is 12.3. The van der Waals surface area contributed by atoms with Crippen LogP contribution in [0.2, 0.25) is 0 Å². The number of ether oxygens (including phenoxy) is 1. The number of aromatic nitrogens is 4. The molecule has 20 heavy (non-hydrogen) atoms. The van der Waals surface area contributed by atoms with Crippen molar-refractivity contribution in [2.75, 3.05) is 0 Å². The van der Waals surface area contributed by atoms with Crippen LogP contribution in [0.1, 0.15) is 44.4 Å². The second-order valence-electron chi connectivity index (χ2n) is 5.94. The standard InChI is InChI=1S/C15H20N4O/c1-4-9-10-6-12-18-13-8(3)16-7-17-14(13)19(12)15(10)20-11(9)5-2/h7,9-11,15H,4-6H2,1-3H3/t9?,10?,11-,15+/m1/s1. The second-order valence-corrected chi connectivity index (χ2v) is 5.94.